The number of nitrogens with one attached hydrogen (secondary N) is 1. The van der Waals surface area contributed by atoms with E-state index in [-0.39, 0.29) is 6.61 Å². The quantitative estimate of drug-likeness (QED) is 0.527. The summed E-state index contributed by atoms with van der Waals surface area (Å²) in [5.41, 5.74) is 2.01. The van der Waals surface area contributed by atoms with E-state index in [1.807, 2.05) is 0 Å². The number of esters is 1. The van der Waals surface area contributed by atoms with Crippen molar-refractivity contribution in [3.05, 3.63) is 49.4 Å². The molecule has 2 aromatic rings. The van der Waals surface area contributed by atoms with Gasteiger partial charge in [-0.05, 0) is 77.6 Å². The lowest BCUT2D eigenvalue weighted by Gasteiger charge is -2.17. The Labute approximate surface area is 169 Å². The first-order valence-corrected chi connectivity index (χ1v) is 10.1. The molecule has 1 aromatic carbocycles. The molecule has 1 aliphatic rings. The summed E-state index contributed by atoms with van der Waals surface area (Å²) >= 11 is 3.60. The minimum atomic E-state index is -0.545. The molecule has 134 valence electrons. The molecule has 0 saturated carbocycles. The Morgan fingerprint density at radius 3 is 2.81 bits per heavy atom. The molecule has 0 fully saturated rings. The highest BCUT2D eigenvalue weighted by atomic mass is 127. The van der Waals surface area contributed by atoms with E-state index >= 15 is 0 Å². The predicted octanol–water partition coefficient (Wildman–Crippen LogP) is 4.14. The molecule has 0 radical (unpaired) electrons. The first-order chi connectivity index (χ1) is 12.5. The van der Waals surface area contributed by atoms with Crippen LogP contribution in [0.15, 0.2) is 24.3 Å². The molecule has 0 spiro atoms. The van der Waals surface area contributed by atoms with Crippen LogP contribution in [0.5, 0.6) is 0 Å². The highest BCUT2D eigenvalue weighted by molar-refractivity contribution is 14.1. The Morgan fingerprint density at radius 2 is 2.12 bits per heavy atom. The highest BCUT2D eigenvalue weighted by Crippen LogP contribution is 2.39. The lowest BCUT2D eigenvalue weighted by molar-refractivity contribution is -0.119. The van der Waals surface area contributed by atoms with E-state index in [0.717, 1.165) is 28.4 Å². The van der Waals surface area contributed by atoms with Gasteiger partial charge in [0.15, 0.2) is 6.61 Å². The molecule has 1 aliphatic carbocycles. The molecule has 26 heavy (non-hydrogen) atoms. The molecule has 1 N–H and O–H groups in total. The van der Waals surface area contributed by atoms with Gasteiger partial charge in [-0.25, -0.2) is 4.79 Å². The van der Waals surface area contributed by atoms with E-state index in [1.54, 1.807) is 24.3 Å². The van der Waals surface area contributed by atoms with E-state index in [4.69, 9.17) is 4.74 Å². The number of benzene rings is 1. The van der Waals surface area contributed by atoms with Gasteiger partial charge in [0.2, 0.25) is 0 Å². The topological polar surface area (TPSA) is 79.2 Å². The van der Waals surface area contributed by atoms with Gasteiger partial charge in [-0.15, -0.1) is 11.3 Å². The third-order valence-corrected chi connectivity index (χ3v) is 6.18. The van der Waals surface area contributed by atoms with E-state index in [2.05, 4.69) is 40.9 Å². The SMILES string of the molecule is C[C@@H]1CCc2c(sc(NC(=O)COC(=O)c3ccc(I)cc3)c2C#N)C1. The van der Waals surface area contributed by atoms with E-state index in [9.17, 15) is 14.9 Å². The maximum Gasteiger partial charge on any atom is 0.338 e. The van der Waals surface area contributed by atoms with E-state index in [0.29, 0.717) is 22.0 Å². The third kappa shape index (κ3) is 4.24. The molecule has 7 heteroatoms. The molecule has 0 unspecified atom stereocenters. The second-order valence-corrected chi connectivity index (χ2v) is 8.65. The van der Waals surface area contributed by atoms with Crippen LogP contribution in [0.25, 0.3) is 0 Å². The fourth-order valence-corrected chi connectivity index (χ4v) is 4.66. The molecular formula is C19H17IN2O3S. The summed E-state index contributed by atoms with van der Waals surface area (Å²) in [7, 11) is 0. The Hall–Kier alpha value is -1.92. The van der Waals surface area contributed by atoms with Gasteiger partial charge < -0.3 is 10.1 Å². The Morgan fingerprint density at radius 1 is 1.38 bits per heavy atom. The zero-order chi connectivity index (χ0) is 18.7. The minimum Gasteiger partial charge on any atom is -0.452 e. The Bertz CT molecular complexity index is 883. The molecule has 1 atom stereocenters. The molecule has 0 bridgehead atoms. The van der Waals surface area contributed by atoms with Crippen molar-refractivity contribution in [3.8, 4) is 6.07 Å². The van der Waals surface area contributed by atoms with Crippen LogP contribution >= 0.6 is 33.9 Å². The third-order valence-electron chi connectivity index (χ3n) is 4.29. The molecule has 3 rings (SSSR count). The lowest BCUT2D eigenvalue weighted by atomic mass is 9.89. The molecule has 1 aromatic heterocycles. The van der Waals surface area contributed by atoms with E-state index in [1.165, 1.54) is 16.2 Å². The summed E-state index contributed by atoms with van der Waals surface area (Å²) in [6.45, 7) is 1.81. The largest absolute Gasteiger partial charge is 0.452 e. The molecular weight excluding hydrogens is 463 g/mol. The van der Waals surface area contributed by atoms with Gasteiger partial charge in [0, 0.05) is 8.45 Å². The number of amides is 1. The number of hydrogen-bond acceptors (Lipinski definition) is 5. The number of rotatable bonds is 4. The number of fused-ring (bicyclic) bond motifs is 1. The van der Waals surface area contributed by atoms with Gasteiger partial charge in [-0.1, -0.05) is 6.92 Å². The summed E-state index contributed by atoms with van der Waals surface area (Å²) in [6, 6.07) is 9.12. The van der Waals surface area contributed by atoms with Gasteiger partial charge in [-0.3, -0.25) is 4.79 Å². The van der Waals surface area contributed by atoms with Crippen LogP contribution in [0, 0.1) is 20.8 Å². The molecule has 5 nitrogen and oxygen atoms in total. The van der Waals surface area contributed by atoms with Gasteiger partial charge in [0.05, 0.1) is 11.1 Å². The summed E-state index contributed by atoms with van der Waals surface area (Å²) in [6.07, 6.45) is 2.86. The van der Waals surface area contributed by atoms with Crippen molar-refractivity contribution in [1.29, 1.82) is 5.26 Å². The summed E-state index contributed by atoms with van der Waals surface area (Å²) in [4.78, 5) is 25.3. The van der Waals surface area contributed by atoms with Crippen molar-refractivity contribution in [3.63, 3.8) is 0 Å². The standard InChI is InChI=1S/C19H17IN2O3S/c1-11-2-7-14-15(9-21)18(26-16(14)8-11)22-17(23)10-25-19(24)12-3-5-13(20)6-4-12/h3-6,11H,2,7-8,10H2,1H3,(H,22,23)/t11-/m1/s1. The maximum atomic E-state index is 12.2. The highest BCUT2D eigenvalue weighted by Gasteiger charge is 2.24. The van der Waals surface area contributed by atoms with Crippen molar-refractivity contribution in [2.45, 2.75) is 26.2 Å². The number of carbonyl (C=O) groups is 2. The van der Waals surface area contributed by atoms with Crippen LogP contribution < -0.4 is 5.32 Å². The van der Waals surface area contributed by atoms with Gasteiger partial charge in [0.25, 0.3) is 5.91 Å². The molecule has 0 aliphatic heterocycles. The first kappa shape index (κ1) is 18.9. The van der Waals surface area contributed by atoms with Crippen molar-refractivity contribution < 1.29 is 14.3 Å². The van der Waals surface area contributed by atoms with Crippen molar-refractivity contribution in [2.75, 3.05) is 11.9 Å². The van der Waals surface area contributed by atoms with Crippen molar-refractivity contribution >= 4 is 50.8 Å². The maximum absolute atomic E-state index is 12.2. The monoisotopic (exact) mass is 480 g/mol. The zero-order valence-electron chi connectivity index (χ0n) is 14.2. The molecule has 1 heterocycles. The summed E-state index contributed by atoms with van der Waals surface area (Å²) in [5.74, 6) is -0.394. The second kappa shape index (κ2) is 8.18. The number of hydrogen-bond donors (Lipinski definition) is 1. The summed E-state index contributed by atoms with van der Waals surface area (Å²) in [5, 5.41) is 12.7. The average molecular weight is 480 g/mol. The van der Waals surface area contributed by atoms with Crippen LogP contribution in [0.4, 0.5) is 5.00 Å². The minimum absolute atomic E-state index is 0.380. The number of anilines is 1. The van der Waals surface area contributed by atoms with Crippen LogP contribution in [-0.2, 0) is 22.4 Å². The normalized spacial score (nSPS) is 15.7. The first-order valence-electron chi connectivity index (χ1n) is 8.25. The van der Waals surface area contributed by atoms with Crippen molar-refractivity contribution in [1.82, 2.24) is 0 Å². The fraction of sp³-hybridized carbons (Fsp3) is 0.316. The van der Waals surface area contributed by atoms with Crippen LogP contribution in [0.2, 0.25) is 0 Å². The zero-order valence-corrected chi connectivity index (χ0v) is 17.1. The second-order valence-electron chi connectivity index (χ2n) is 6.30. The number of nitriles is 1. The van der Waals surface area contributed by atoms with Gasteiger partial charge in [0.1, 0.15) is 11.1 Å². The number of thiophene rings is 1. The Kier molecular flexibility index (Phi) is 5.94. The lowest BCUT2D eigenvalue weighted by Crippen LogP contribution is -2.20. The number of nitrogens with zero attached hydrogens (tertiary/aromatic N) is 1. The van der Waals surface area contributed by atoms with Crippen LogP contribution in [-0.4, -0.2) is 18.5 Å². The van der Waals surface area contributed by atoms with Crippen molar-refractivity contribution in [2.24, 2.45) is 5.92 Å². The molecule has 1 amide bonds. The van der Waals surface area contributed by atoms with Crippen LogP contribution in [0.3, 0.4) is 0 Å². The predicted molar refractivity (Wildman–Crippen MR) is 108 cm³/mol. The smallest absolute Gasteiger partial charge is 0.338 e. The molecule has 0 saturated heterocycles. The van der Waals surface area contributed by atoms with Gasteiger partial charge in [-0.2, -0.15) is 5.26 Å². The summed E-state index contributed by atoms with van der Waals surface area (Å²) < 4.78 is 6.07. The van der Waals surface area contributed by atoms with E-state index < -0.39 is 11.9 Å². The number of carbonyl (C=O) groups excluding carboxylic acids is 2. The van der Waals surface area contributed by atoms with Gasteiger partial charge >= 0.3 is 5.97 Å². The number of halogens is 1. The van der Waals surface area contributed by atoms with Crippen LogP contribution in [0.1, 0.15) is 39.7 Å². The number of ether oxygens (including phenoxy) is 1. The average Bonchev–Trinajstić information content (AvgIpc) is 2.96. The Balaban J connectivity index is 1.63. The fourth-order valence-electron chi connectivity index (χ4n) is 2.92.